The highest BCUT2D eigenvalue weighted by Gasteiger charge is 2.04. The maximum atomic E-state index is 10.9. The number of unbranched alkanes of at least 4 members (excludes halogenated alkanes) is 1. The smallest absolute Gasteiger partial charge is 0.148 e. The Balaban J connectivity index is 3.50. The van der Waals surface area contributed by atoms with Gasteiger partial charge in [-0.3, -0.25) is 0 Å². The number of nitrogens with two attached hydrogens (primary N) is 1. The lowest BCUT2D eigenvalue weighted by atomic mass is 10.2. The Morgan fingerprint density at radius 2 is 1.93 bits per heavy atom. The van der Waals surface area contributed by atoms with Gasteiger partial charge in [0.2, 0.25) is 0 Å². The average molecular weight is 252 g/mol. The minimum Gasteiger partial charge on any atom is -0.393 e. The van der Waals surface area contributed by atoms with E-state index in [1.807, 2.05) is 11.9 Å². The summed E-state index contributed by atoms with van der Waals surface area (Å²) >= 11 is 4.76. The fourth-order valence-corrected chi connectivity index (χ4v) is 1.90. The lowest BCUT2D eigenvalue weighted by Gasteiger charge is -2.15. The SMILES string of the molecule is CN(CCCCC(N)=S)CCS(C)(=O)=O. The predicted octanol–water partition coefficient (Wildman–Crippen LogP) is 0.419. The number of hydrogen-bond acceptors (Lipinski definition) is 4. The van der Waals surface area contributed by atoms with Crippen LogP contribution in [0, 0.1) is 0 Å². The number of sulfone groups is 1. The quantitative estimate of drug-likeness (QED) is 0.501. The van der Waals surface area contributed by atoms with Crippen LogP contribution >= 0.6 is 12.2 Å². The van der Waals surface area contributed by atoms with Crippen LogP contribution in [0.5, 0.6) is 0 Å². The van der Waals surface area contributed by atoms with Crippen molar-refractivity contribution in [3.63, 3.8) is 0 Å². The van der Waals surface area contributed by atoms with Gasteiger partial charge in [-0.25, -0.2) is 8.42 Å². The molecule has 4 nitrogen and oxygen atoms in total. The highest BCUT2D eigenvalue weighted by Crippen LogP contribution is 1.98. The van der Waals surface area contributed by atoms with Crippen molar-refractivity contribution in [2.24, 2.45) is 5.73 Å². The van der Waals surface area contributed by atoms with Gasteiger partial charge in [-0.2, -0.15) is 0 Å². The first-order valence-corrected chi connectivity index (χ1v) is 7.43. The Bertz CT molecular complexity index is 288. The first-order chi connectivity index (χ1) is 6.81. The third-order valence-corrected chi connectivity index (χ3v) is 3.19. The van der Waals surface area contributed by atoms with E-state index in [2.05, 4.69) is 0 Å². The molecule has 0 saturated carbocycles. The van der Waals surface area contributed by atoms with Crippen LogP contribution in [-0.2, 0) is 9.84 Å². The van der Waals surface area contributed by atoms with E-state index >= 15 is 0 Å². The minimum atomic E-state index is -2.85. The molecular weight excluding hydrogens is 232 g/mol. The largest absolute Gasteiger partial charge is 0.393 e. The predicted molar refractivity (Wildman–Crippen MR) is 67.8 cm³/mol. The zero-order valence-corrected chi connectivity index (χ0v) is 11.0. The van der Waals surface area contributed by atoms with Gasteiger partial charge in [-0.1, -0.05) is 12.2 Å². The second kappa shape index (κ2) is 7.14. The average Bonchev–Trinajstić information content (AvgIpc) is 2.07. The molecule has 2 N–H and O–H groups in total. The molecule has 0 spiro atoms. The van der Waals surface area contributed by atoms with E-state index in [1.54, 1.807) is 0 Å². The zero-order valence-electron chi connectivity index (χ0n) is 9.40. The maximum absolute atomic E-state index is 10.9. The van der Waals surface area contributed by atoms with Crippen LogP contribution in [0.4, 0.5) is 0 Å². The summed E-state index contributed by atoms with van der Waals surface area (Å²) in [6.07, 6.45) is 4.00. The van der Waals surface area contributed by atoms with Crippen molar-refractivity contribution in [2.75, 3.05) is 32.1 Å². The van der Waals surface area contributed by atoms with E-state index in [-0.39, 0.29) is 5.75 Å². The third kappa shape index (κ3) is 11.7. The molecule has 0 aliphatic rings. The molecule has 6 heteroatoms. The van der Waals surface area contributed by atoms with Crippen molar-refractivity contribution < 1.29 is 8.42 Å². The molecule has 0 heterocycles. The van der Waals surface area contributed by atoms with E-state index in [4.69, 9.17) is 18.0 Å². The van der Waals surface area contributed by atoms with Gasteiger partial charge in [0, 0.05) is 12.8 Å². The summed E-state index contributed by atoms with van der Waals surface area (Å²) in [7, 11) is -0.923. The van der Waals surface area contributed by atoms with Crippen LogP contribution in [0.3, 0.4) is 0 Å². The molecular formula is C9H20N2O2S2. The second-order valence-electron chi connectivity index (χ2n) is 3.86. The Kier molecular flexibility index (Phi) is 7.04. The molecule has 0 radical (unpaired) electrons. The monoisotopic (exact) mass is 252 g/mol. The Morgan fingerprint density at radius 1 is 1.33 bits per heavy atom. The van der Waals surface area contributed by atoms with E-state index < -0.39 is 9.84 Å². The molecule has 0 aliphatic heterocycles. The van der Waals surface area contributed by atoms with Crippen molar-refractivity contribution in [3.05, 3.63) is 0 Å². The molecule has 0 aromatic carbocycles. The van der Waals surface area contributed by atoms with Crippen molar-refractivity contribution in [2.45, 2.75) is 19.3 Å². The summed E-state index contributed by atoms with van der Waals surface area (Å²) in [5.41, 5.74) is 5.36. The van der Waals surface area contributed by atoms with Crippen molar-refractivity contribution in [3.8, 4) is 0 Å². The van der Waals surface area contributed by atoms with Gasteiger partial charge in [0.05, 0.1) is 10.7 Å². The van der Waals surface area contributed by atoms with Crippen LogP contribution in [0.2, 0.25) is 0 Å². The maximum Gasteiger partial charge on any atom is 0.148 e. The topological polar surface area (TPSA) is 63.4 Å². The van der Waals surface area contributed by atoms with Crippen molar-refractivity contribution in [1.82, 2.24) is 4.90 Å². The lowest BCUT2D eigenvalue weighted by molar-refractivity contribution is 0.345. The molecule has 15 heavy (non-hydrogen) atoms. The molecule has 0 unspecified atom stereocenters. The number of nitrogens with zero attached hydrogens (tertiary/aromatic N) is 1. The molecule has 0 amide bonds. The van der Waals surface area contributed by atoms with Crippen LogP contribution < -0.4 is 5.73 Å². The normalized spacial score (nSPS) is 11.9. The van der Waals surface area contributed by atoms with Crippen molar-refractivity contribution >= 4 is 27.0 Å². The van der Waals surface area contributed by atoms with Gasteiger partial charge in [-0.05, 0) is 32.9 Å². The number of rotatable bonds is 8. The molecule has 90 valence electrons. The van der Waals surface area contributed by atoms with Crippen LogP contribution in [-0.4, -0.2) is 50.5 Å². The van der Waals surface area contributed by atoms with Gasteiger partial charge in [0.1, 0.15) is 9.84 Å². The Hall–Kier alpha value is -0.200. The van der Waals surface area contributed by atoms with Gasteiger partial charge in [0.15, 0.2) is 0 Å². The zero-order chi connectivity index (χ0) is 11.9. The van der Waals surface area contributed by atoms with Crippen molar-refractivity contribution in [1.29, 1.82) is 0 Å². The van der Waals surface area contributed by atoms with Gasteiger partial charge in [0.25, 0.3) is 0 Å². The van der Waals surface area contributed by atoms with E-state index in [9.17, 15) is 8.42 Å². The highest BCUT2D eigenvalue weighted by atomic mass is 32.2. The molecule has 0 bridgehead atoms. The molecule has 0 aromatic heterocycles. The standard InChI is InChI=1S/C9H20N2O2S2/c1-11(7-8-15(2,12)13)6-4-3-5-9(10)14/h3-8H2,1-2H3,(H2,10,14). The molecule has 0 rings (SSSR count). The van der Waals surface area contributed by atoms with Crippen LogP contribution in [0.25, 0.3) is 0 Å². The number of thiocarbonyl (C=S) groups is 1. The molecule has 0 fully saturated rings. The summed E-state index contributed by atoms with van der Waals surface area (Å²) in [6, 6.07) is 0. The van der Waals surface area contributed by atoms with E-state index in [1.165, 1.54) is 6.26 Å². The van der Waals surface area contributed by atoms with Crippen LogP contribution in [0.1, 0.15) is 19.3 Å². The van der Waals surface area contributed by atoms with Gasteiger partial charge >= 0.3 is 0 Å². The molecule has 0 aromatic rings. The summed E-state index contributed by atoms with van der Waals surface area (Å²) < 4.78 is 21.8. The fraction of sp³-hybridized carbons (Fsp3) is 0.889. The Labute approximate surface area is 97.7 Å². The molecule has 0 aliphatic carbocycles. The lowest BCUT2D eigenvalue weighted by Crippen LogP contribution is -2.26. The molecule has 0 atom stereocenters. The number of hydrogen-bond donors (Lipinski definition) is 1. The van der Waals surface area contributed by atoms with Crippen LogP contribution in [0.15, 0.2) is 0 Å². The summed E-state index contributed by atoms with van der Waals surface area (Å²) in [5.74, 6) is 0.221. The highest BCUT2D eigenvalue weighted by molar-refractivity contribution is 7.90. The van der Waals surface area contributed by atoms with E-state index in [0.717, 1.165) is 25.8 Å². The Morgan fingerprint density at radius 3 is 2.40 bits per heavy atom. The third-order valence-electron chi connectivity index (χ3n) is 2.06. The van der Waals surface area contributed by atoms with Gasteiger partial charge < -0.3 is 10.6 Å². The first-order valence-electron chi connectivity index (χ1n) is 4.96. The van der Waals surface area contributed by atoms with Gasteiger partial charge in [-0.15, -0.1) is 0 Å². The summed E-state index contributed by atoms with van der Waals surface area (Å²) in [4.78, 5) is 2.56. The molecule has 0 saturated heterocycles. The summed E-state index contributed by atoms with van der Waals surface area (Å²) in [6.45, 7) is 1.48. The van der Waals surface area contributed by atoms with E-state index in [0.29, 0.717) is 11.5 Å². The fourth-order valence-electron chi connectivity index (χ4n) is 1.11. The second-order valence-corrected chi connectivity index (χ2v) is 6.64. The minimum absolute atomic E-state index is 0.221. The summed E-state index contributed by atoms with van der Waals surface area (Å²) in [5, 5.41) is 0. The first kappa shape index (κ1) is 14.8.